The van der Waals surface area contributed by atoms with Gasteiger partial charge in [0.05, 0.1) is 29.7 Å². The van der Waals surface area contributed by atoms with Crippen molar-refractivity contribution in [2.45, 2.75) is 0 Å². The number of anilines is 3. The largest absolute Gasteiger partial charge is 0.336 e. The van der Waals surface area contributed by atoms with E-state index in [0.29, 0.717) is 11.3 Å². The molecule has 1 heterocycles. The van der Waals surface area contributed by atoms with Crippen LogP contribution in [0.15, 0.2) is 48.8 Å². The molecular formula is C18H10F3N5O. The summed E-state index contributed by atoms with van der Waals surface area (Å²) in [6.45, 7) is 0. The third-order valence-electron chi connectivity index (χ3n) is 3.43. The third kappa shape index (κ3) is 4.01. The Balaban J connectivity index is 1.72. The van der Waals surface area contributed by atoms with Gasteiger partial charge in [0, 0.05) is 5.69 Å². The van der Waals surface area contributed by atoms with Gasteiger partial charge in [0.15, 0.2) is 17.5 Å². The summed E-state index contributed by atoms with van der Waals surface area (Å²) in [6.07, 6.45) is 2.27. The summed E-state index contributed by atoms with van der Waals surface area (Å²) in [4.78, 5) is 19.9. The highest BCUT2D eigenvalue weighted by Crippen LogP contribution is 2.22. The van der Waals surface area contributed by atoms with Gasteiger partial charge < -0.3 is 10.6 Å². The second-order valence-corrected chi connectivity index (χ2v) is 5.28. The number of benzene rings is 2. The molecule has 0 atom stereocenters. The van der Waals surface area contributed by atoms with E-state index in [0.717, 1.165) is 24.5 Å². The van der Waals surface area contributed by atoms with Crippen molar-refractivity contribution in [3.05, 3.63) is 77.5 Å². The Kier molecular flexibility index (Phi) is 4.99. The van der Waals surface area contributed by atoms with E-state index in [2.05, 4.69) is 20.6 Å². The zero-order valence-corrected chi connectivity index (χ0v) is 13.5. The van der Waals surface area contributed by atoms with Gasteiger partial charge in [0.2, 0.25) is 0 Å². The van der Waals surface area contributed by atoms with E-state index >= 15 is 0 Å². The molecule has 0 saturated heterocycles. The van der Waals surface area contributed by atoms with Crippen LogP contribution in [0.25, 0.3) is 0 Å². The molecule has 3 rings (SSSR count). The first-order valence-electron chi connectivity index (χ1n) is 7.52. The number of carbonyl (C=O) groups excluding carboxylic acids is 1. The molecule has 27 heavy (non-hydrogen) atoms. The van der Waals surface area contributed by atoms with Crippen molar-refractivity contribution in [1.29, 1.82) is 5.26 Å². The average molecular weight is 369 g/mol. The molecule has 0 unspecified atom stereocenters. The molecule has 0 aliphatic rings. The van der Waals surface area contributed by atoms with Crippen molar-refractivity contribution in [3.63, 3.8) is 0 Å². The quantitative estimate of drug-likeness (QED) is 0.684. The number of rotatable bonds is 4. The fraction of sp³-hybridized carbons (Fsp3) is 0. The molecule has 0 saturated carbocycles. The van der Waals surface area contributed by atoms with Crippen molar-refractivity contribution in [2.24, 2.45) is 0 Å². The summed E-state index contributed by atoms with van der Waals surface area (Å²) >= 11 is 0. The zero-order valence-electron chi connectivity index (χ0n) is 13.5. The van der Waals surface area contributed by atoms with Crippen LogP contribution in [0.3, 0.4) is 0 Å². The highest BCUT2D eigenvalue weighted by Gasteiger charge is 2.14. The summed E-state index contributed by atoms with van der Waals surface area (Å²) < 4.78 is 39.8. The molecule has 2 N–H and O–H groups in total. The van der Waals surface area contributed by atoms with Crippen LogP contribution in [0.4, 0.5) is 30.4 Å². The van der Waals surface area contributed by atoms with Crippen LogP contribution in [-0.2, 0) is 0 Å². The van der Waals surface area contributed by atoms with E-state index in [1.165, 1.54) is 6.07 Å². The molecule has 2 aromatic carbocycles. The standard InChI is InChI=1S/C18H10F3N5O/c19-12-4-5-13(17(21)16(12)20)26-15-9-23-14(8-24-15)18(27)25-11-3-1-2-10(6-11)7-22/h1-6,8-9H,(H,24,26)(H,25,27). The second-order valence-electron chi connectivity index (χ2n) is 5.28. The van der Waals surface area contributed by atoms with Crippen LogP contribution in [0.1, 0.15) is 16.1 Å². The highest BCUT2D eigenvalue weighted by molar-refractivity contribution is 6.02. The first-order chi connectivity index (χ1) is 13.0. The average Bonchev–Trinajstić information content (AvgIpc) is 2.69. The van der Waals surface area contributed by atoms with E-state index in [1.54, 1.807) is 18.2 Å². The summed E-state index contributed by atoms with van der Waals surface area (Å²) in [5.74, 6) is -4.85. The summed E-state index contributed by atoms with van der Waals surface area (Å²) in [6, 6.07) is 10.0. The van der Waals surface area contributed by atoms with E-state index in [1.807, 2.05) is 6.07 Å². The first kappa shape index (κ1) is 17.9. The van der Waals surface area contributed by atoms with Gasteiger partial charge >= 0.3 is 0 Å². The fourth-order valence-corrected chi connectivity index (χ4v) is 2.13. The van der Waals surface area contributed by atoms with Gasteiger partial charge in [-0.15, -0.1) is 0 Å². The minimum atomic E-state index is -1.61. The van der Waals surface area contributed by atoms with E-state index < -0.39 is 23.4 Å². The predicted molar refractivity (Wildman–Crippen MR) is 90.7 cm³/mol. The smallest absolute Gasteiger partial charge is 0.275 e. The van der Waals surface area contributed by atoms with Crippen molar-refractivity contribution in [1.82, 2.24) is 9.97 Å². The van der Waals surface area contributed by atoms with E-state index in [4.69, 9.17) is 5.26 Å². The maximum Gasteiger partial charge on any atom is 0.275 e. The van der Waals surface area contributed by atoms with E-state index in [-0.39, 0.29) is 17.2 Å². The van der Waals surface area contributed by atoms with Crippen LogP contribution in [0.2, 0.25) is 0 Å². The minimum absolute atomic E-state index is 0.0305. The van der Waals surface area contributed by atoms with Gasteiger partial charge in [-0.1, -0.05) is 6.07 Å². The van der Waals surface area contributed by atoms with Crippen LogP contribution in [0, 0.1) is 28.8 Å². The molecule has 9 heteroatoms. The molecule has 0 spiro atoms. The molecule has 134 valence electrons. The van der Waals surface area contributed by atoms with Crippen LogP contribution < -0.4 is 10.6 Å². The molecule has 0 radical (unpaired) electrons. The number of aromatic nitrogens is 2. The van der Waals surface area contributed by atoms with Crippen molar-refractivity contribution in [3.8, 4) is 6.07 Å². The zero-order chi connectivity index (χ0) is 19.4. The van der Waals surface area contributed by atoms with Gasteiger partial charge in [-0.05, 0) is 30.3 Å². The highest BCUT2D eigenvalue weighted by atomic mass is 19.2. The maximum atomic E-state index is 13.6. The molecule has 3 aromatic rings. The number of hydrogen-bond acceptors (Lipinski definition) is 5. The number of nitrogens with zero attached hydrogens (tertiary/aromatic N) is 3. The Morgan fingerprint density at radius 3 is 2.56 bits per heavy atom. The lowest BCUT2D eigenvalue weighted by Gasteiger charge is -2.08. The maximum absolute atomic E-state index is 13.6. The number of carbonyl (C=O) groups is 1. The molecular weight excluding hydrogens is 359 g/mol. The first-order valence-corrected chi connectivity index (χ1v) is 7.52. The summed E-state index contributed by atoms with van der Waals surface area (Å²) in [5.41, 5.74) is 0.432. The fourth-order valence-electron chi connectivity index (χ4n) is 2.13. The van der Waals surface area contributed by atoms with Crippen LogP contribution in [0.5, 0.6) is 0 Å². The van der Waals surface area contributed by atoms with Crippen molar-refractivity contribution in [2.75, 3.05) is 10.6 Å². The lowest BCUT2D eigenvalue weighted by Crippen LogP contribution is -2.14. The van der Waals surface area contributed by atoms with Gasteiger partial charge in [-0.25, -0.2) is 23.1 Å². The van der Waals surface area contributed by atoms with Gasteiger partial charge in [0.25, 0.3) is 5.91 Å². The van der Waals surface area contributed by atoms with Crippen LogP contribution >= 0.6 is 0 Å². The number of halogens is 3. The number of nitrogens with one attached hydrogen (secondary N) is 2. The van der Waals surface area contributed by atoms with Crippen molar-refractivity contribution < 1.29 is 18.0 Å². The lowest BCUT2D eigenvalue weighted by molar-refractivity contribution is 0.102. The Morgan fingerprint density at radius 1 is 1.04 bits per heavy atom. The molecule has 1 amide bonds. The van der Waals surface area contributed by atoms with Crippen molar-refractivity contribution >= 4 is 23.1 Å². The van der Waals surface area contributed by atoms with Gasteiger partial charge in [-0.2, -0.15) is 5.26 Å². The van der Waals surface area contributed by atoms with E-state index in [9.17, 15) is 18.0 Å². The normalized spacial score (nSPS) is 10.1. The number of nitriles is 1. The lowest BCUT2D eigenvalue weighted by atomic mass is 10.2. The topological polar surface area (TPSA) is 90.7 Å². The number of hydrogen-bond donors (Lipinski definition) is 2. The molecule has 0 aliphatic carbocycles. The monoisotopic (exact) mass is 369 g/mol. The van der Waals surface area contributed by atoms with Gasteiger partial charge in [-0.3, -0.25) is 4.79 Å². The Morgan fingerprint density at radius 2 is 1.85 bits per heavy atom. The molecule has 0 bridgehead atoms. The second kappa shape index (κ2) is 7.53. The van der Waals surface area contributed by atoms with Crippen LogP contribution in [-0.4, -0.2) is 15.9 Å². The molecule has 0 aliphatic heterocycles. The minimum Gasteiger partial charge on any atom is -0.336 e. The summed E-state index contributed by atoms with van der Waals surface area (Å²) in [5, 5.41) is 13.9. The molecule has 1 aromatic heterocycles. The predicted octanol–water partition coefficient (Wildman–Crippen LogP) is 3.76. The molecule has 6 nitrogen and oxygen atoms in total. The third-order valence-corrected chi connectivity index (χ3v) is 3.43. The Bertz CT molecular complexity index is 1050. The van der Waals surface area contributed by atoms with Gasteiger partial charge in [0.1, 0.15) is 11.5 Å². The molecule has 0 fully saturated rings. The Labute approximate surface area is 151 Å². The number of amides is 1. The Hall–Kier alpha value is -3.93. The SMILES string of the molecule is N#Cc1cccc(NC(=O)c2cnc(Nc3ccc(F)c(F)c3F)cn2)c1. The summed E-state index contributed by atoms with van der Waals surface area (Å²) in [7, 11) is 0.